The molecule has 3 heterocycles. The quantitative estimate of drug-likeness (QED) is 0.186. The van der Waals surface area contributed by atoms with Crippen LogP contribution in [0.2, 0.25) is 0 Å². The molecule has 0 atom stereocenters. The molecule has 0 bridgehead atoms. The zero-order valence-electron chi connectivity index (χ0n) is 23.1. The van der Waals surface area contributed by atoms with Crippen LogP contribution in [0.4, 0.5) is 0 Å². The average Bonchev–Trinajstić information content (AvgIpc) is 3.00. The summed E-state index contributed by atoms with van der Waals surface area (Å²) in [6.07, 6.45) is 5.44. The molecule has 0 spiro atoms. The van der Waals surface area contributed by atoms with Crippen molar-refractivity contribution < 1.29 is 20.4 Å². The molecule has 0 saturated heterocycles. The number of nitrogens with zero attached hydrogens (tertiary/aromatic N) is 3. The standard InChI is InChI=1S/3C12H11N.Re/c3*1-10-5-7-11(8-6-10)12-4-2-3-9-13-12;/h3*2-9H,1H3;. The summed E-state index contributed by atoms with van der Waals surface area (Å²) in [6, 6.07) is 43.0. The second-order valence-electron chi connectivity index (χ2n) is 9.24. The minimum absolute atomic E-state index is 0. The smallest absolute Gasteiger partial charge is 0.0701 e. The normalized spacial score (nSPS) is 9.68. The summed E-state index contributed by atoms with van der Waals surface area (Å²) in [4.78, 5) is 12.8. The minimum atomic E-state index is 0. The third kappa shape index (κ3) is 9.51. The van der Waals surface area contributed by atoms with Crippen molar-refractivity contribution in [3.05, 3.63) is 163 Å². The topological polar surface area (TPSA) is 38.7 Å². The van der Waals surface area contributed by atoms with Gasteiger partial charge in [-0.05, 0) is 57.2 Å². The Morgan fingerprint density at radius 1 is 0.325 bits per heavy atom. The molecule has 0 aliphatic heterocycles. The van der Waals surface area contributed by atoms with E-state index in [2.05, 4.69) is 109 Å². The molecule has 0 N–H and O–H groups in total. The Hall–Kier alpha value is -4.23. The van der Waals surface area contributed by atoms with Gasteiger partial charge in [0.05, 0.1) is 17.1 Å². The van der Waals surface area contributed by atoms with Crippen LogP contribution in [0.15, 0.2) is 146 Å². The van der Waals surface area contributed by atoms with Gasteiger partial charge < -0.3 is 0 Å². The molecule has 40 heavy (non-hydrogen) atoms. The van der Waals surface area contributed by atoms with Crippen LogP contribution in [-0.4, -0.2) is 15.0 Å². The van der Waals surface area contributed by atoms with Gasteiger partial charge in [0.25, 0.3) is 0 Å². The van der Waals surface area contributed by atoms with Crippen LogP contribution in [0.5, 0.6) is 0 Å². The van der Waals surface area contributed by atoms with Crippen LogP contribution in [0.3, 0.4) is 0 Å². The molecule has 1 radical (unpaired) electrons. The molecular formula is C36H33N3Re. The maximum absolute atomic E-state index is 4.28. The summed E-state index contributed by atoms with van der Waals surface area (Å²) in [5.74, 6) is 0. The molecule has 4 heteroatoms. The van der Waals surface area contributed by atoms with E-state index in [1.54, 1.807) is 0 Å². The SMILES string of the molecule is Cc1ccc(-c2ccccn2)cc1.Cc1ccc(-c2ccccn2)cc1.Cc1ccc(-c2ccccn2)cc1.[Re]. The van der Waals surface area contributed by atoms with Gasteiger partial charge in [-0.1, -0.05) is 108 Å². The molecule has 0 unspecified atom stereocenters. The van der Waals surface area contributed by atoms with Crippen LogP contribution in [0, 0.1) is 20.8 Å². The van der Waals surface area contributed by atoms with Crippen molar-refractivity contribution in [3.8, 4) is 33.8 Å². The van der Waals surface area contributed by atoms with Crippen LogP contribution < -0.4 is 0 Å². The Morgan fingerprint density at radius 3 is 0.775 bits per heavy atom. The fourth-order valence-electron chi connectivity index (χ4n) is 3.77. The maximum atomic E-state index is 4.28. The fraction of sp³-hybridized carbons (Fsp3) is 0.0833. The zero-order chi connectivity index (χ0) is 27.3. The summed E-state index contributed by atoms with van der Waals surface area (Å²) in [5.41, 5.74) is 10.4. The molecular weight excluding hydrogens is 661 g/mol. The summed E-state index contributed by atoms with van der Waals surface area (Å²) in [5, 5.41) is 0. The van der Waals surface area contributed by atoms with Crippen LogP contribution in [0.1, 0.15) is 16.7 Å². The molecule has 3 aromatic carbocycles. The van der Waals surface area contributed by atoms with Gasteiger partial charge in [-0.15, -0.1) is 0 Å². The predicted molar refractivity (Wildman–Crippen MR) is 163 cm³/mol. The molecule has 0 aliphatic rings. The Bertz CT molecular complexity index is 1330. The number of rotatable bonds is 3. The Morgan fingerprint density at radius 2 is 0.575 bits per heavy atom. The van der Waals surface area contributed by atoms with Crippen molar-refractivity contribution in [2.75, 3.05) is 0 Å². The third-order valence-electron chi connectivity index (χ3n) is 6.04. The molecule has 3 nitrogen and oxygen atoms in total. The van der Waals surface area contributed by atoms with Crippen molar-refractivity contribution in [2.45, 2.75) is 20.8 Å². The van der Waals surface area contributed by atoms with E-state index in [9.17, 15) is 0 Å². The molecule has 3 aromatic heterocycles. The molecule has 199 valence electrons. The Balaban J connectivity index is 0.000000163. The molecule has 0 aliphatic carbocycles. The van der Waals surface area contributed by atoms with Gasteiger partial charge in [-0.3, -0.25) is 15.0 Å². The van der Waals surface area contributed by atoms with E-state index in [1.165, 1.54) is 33.4 Å². The zero-order valence-corrected chi connectivity index (χ0v) is 25.8. The summed E-state index contributed by atoms with van der Waals surface area (Å²) < 4.78 is 0. The monoisotopic (exact) mass is 694 g/mol. The summed E-state index contributed by atoms with van der Waals surface area (Å²) in [6.45, 7) is 6.26. The van der Waals surface area contributed by atoms with Gasteiger partial charge >= 0.3 is 0 Å². The van der Waals surface area contributed by atoms with E-state index in [4.69, 9.17) is 0 Å². The van der Waals surface area contributed by atoms with E-state index in [0.29, 0.717) is 0 Å². The van der Waals surface area contributed by atoms with Gasteiger partial charge in [-0.25, -0.2) is 0 Å². The van der Waals surface area contributed by atoms with E-state index in [-0.39, 0.29) is 20.4 Å². The van der Waals surface area contributed by atoms with Crippen molar-refractivity contribution in [1.29, 1.82) is 0 Å². The van der Waals surface area contributed by atoms with E-state index >= 15 is 0 Å². The second-order valence-corrected chi connectivity index (χ2v) is 9.24. The Kier molecular flexibility index (Phi) is 12.1. The minimum Gasteiger partial charge on any atom is -0.256 e. The molecule has 6 rings (SSSR count). The first-order valence-corrected chi connectivity index (χ1v) is 13.0. The number of hydrogen-bond donors (Lipinski definition) is 0. The number of aryl methyl sites for hydroxylation is 3. The number of benzene rings is 3. The predicted octanol–water partition coefficient (Wildman–Crippen LogP) is 9.17. The number of pyridine rings is 3. The van der Waals surface area contributed by atoms with Crippen molar-refractivity contribution >= 4 is 0 Å². The van der Waals surface area contributed by atoms with Gasteiger partial charge in [-0.2, -0.15) is 0 Å². The molecule has 0 amide bonds. The molecule has 6 aromatic rings. The summed E-state index contributed by atoms with van der Waals surface area (Å²) >= 11 is 0. The third-order valence-corrected chi connectivity index (χ3v) is 6.04. The van der Waals surface area contributed by atoms with Gasteiger partial charge in [0.1, 0.15) is 0 Å². The van der Waals surface area contributed by atoms with E-state index in [0.717, 1.165) is 17.1 Å². The average molecular weight is 694 g/mol. The first-order chi connectivity index (χ1) is 19.1. The maximum Gasteiger partial charge on any atom is 0.0701 e. The Labute approximate surface area is 251 Å². The molecule has 0 saturated carbocycles. The summed E-state index contributed by atoms with van der Waals surface area (Å²) in [7, 11) is 0. The van der Waals surface area contributed by atoms with Gasteiger partial charge in [0.2, 0.25) is 0 Å². The molecule has 0 fully saturated rings. The number of aromatic nitrogens is 3. The first kappa shape index (κ1) is 30.3. The van der Waals surface area contributed by atoms with Crippen molar-refractivity contribution in [1.82, 2.24) is 15.0 Å². The largest absolute Gasteiger partial charge is 0.256 e. The van der Waals surface area contributed by atoms with Crippen LogP contribution in [0.25, 0.3) is 33.8 Å². The van der Waals surface area contributed by atoms with Gasteiger partial charge in [0, 0.05) is 55.7 Å². The number of hydrogen-bond acceptors (Lipinski definition) is 3. The van der Waals surface area contributed by atoms with Gasteiger partial charge in [0.15, 0.2) is 0 Å². The van der Waals surface area contributed by atoms with E-state index < -0.39 is 0 Å². The first-order valence-electron chi connectivity index (χ1n) is 13.0. The second kappa shape index (κ2) is 16.0. The van der Waals surface area contributed by atoms with E-state index in [1.807, 2.05) is 73.2 Å². The fourth-order valence-corrected chi connectivity index (χ4v) is 3.77. The van der Waals surface area contributed by atoms with Crippen LogP contribution in [-0.2, 0) is 20.4 Å². The van der Waals surface area contributed by atoms with Crippen molar-refractivity contribution in [2.24, 2.45) is 0 Å². The van der Waals surface area contributed by atoms with Crippen molar-refractivity contribution in [3.63, 3.8) is 0 Å². The van der Waals surface area contributed by atoms with Crippen LogP contribution >= 0.6 is 0 Å².